The second-order valence-electron chi connectivity index (χ2n) is 4.21. The molecule has 0 aromatic heterocycles. The third-order valence-electron chi connectivity index (χ3n) is 3.00. The van der Waals surface area contributed by atoms with E-state index in [0.29, 0.717) is 30.9 Å². The molecule has 0 atom stereocenters. The third-order valence-corrected chi connectivity index (χ3v) is 3.00. The van der Waals surface area contributed by atoms with Gasteiger partial charge >= 0.3 is 0 Å². The standard InChI is InChI=1S/C14H17NO3/c1-2-18-10-6-5-9-15-13(16)11-7-3-4-8-12(11)14(15)17/h3-4,7-8H,2,5-6,9-10H2,1H3. The van der Waals surface area contributed by atoms with Gasteiger partial charge in [0, 0.05) is 19.8 Å². The maximum Gasteiger partial charge on any atom is 0.261 e. The molecule has 0 spiro atoms. The van der Waals surface area contributed by atoms with E-state index in [1.165, 1.54) is 4.90 Å². The molecule has 0 aliphatic carbocycles. The molecule has 0 unspecified atom stereocenters. The first kappa shape index (κ1) is 12.8. The zero-order valence-corrected chi connectivity index (χ0v) is 10.5. The van der Waals surface area contributed by atoms with Crippen molar-refractivity contribution in [2.45, 2.75) is 19.8 Å². The van der Waals surface area contributed by atoms with E-state index in [4.69, 9.17) is 4.74 Å². The maximum atomic E-state index is 12.0. The smallest absolute Gasteiger partial charge is 0.261 e. The molecule has 18 heavy (non-hydrogen) atoms. The quantitative estimate of drug-likeness (QED) is 0.571. The van der Waals surface area contributed by atoms with Crippen molar-refractivity contribution in [3.8, 4) is 0 Å². The zero-order chi connectivity index (χ0) is 13.0. The second-order valence-corrected chi connectivity index (χ2v) is 4.21. The number of fused-ring (bicyclic) bond motifs is 1. The zero-order valence-electron chi connectivity index (χ0n) is 10.5. The van der Waals surface area contributed by atoms with Crippen LogP contribution in [0.2, 0.25) is 0 Å². The first-order chi connectivity index (χ1) is 8.75. The molecular formula is C14H17NO3. The fraction of sp³-hybridized carbons (Fsp3) is 0.429. The van der Waals surface area contributed by atoms with Gasteiger partial charge in [-0.25, -0.2) is 0 Å². The number of ether oxygens (including phenoxy) is 1. The molecule has 2 rings (SSSR count). The fourth-order valence-electron chi connectivity index (χ4n) is 2.06. The van der Waals surface area contributed by atoms with Crippen LogP contribution in [0, 0.1) is 0 Å². The molecule has 0 saturated heterocycles. The number of imide groups is 1. The van der Waals surface area contributed by atoms with Crippen LogP contribution in [-0.2, 0) is 4.74 Å². The summed E-state index contributed by atoms with van der Waals surface area (Å²) in [4.78, 5) is 25.3. The molecule has 0 bridgehead atoms. The fourth-order valence-corrected chi connectivity index (χ4v) is 2.06. The predicted molar refractivity (Wildman–Crippen MR) is 67.5 cm³/mol. The number of amides is 2. The second kappa shape index (κ2) is 5.78. The number of rotatable bonds is 6. The van der Waals surface area contributed by atoms with Gasteiger partial charge in [0.2, 0.25) is 0 Å². The summed E-state index contributed by atoms with van der Waals surface area (Å²) < 4.78 is 5.23. The van der Waals surface area contributed by atoms with E-state index in [2.05, 4.69) is 0 Å². The van der Waals surface area contributed by atoms with Crippen molar-refractivity contribution in [1.82, 2.24) is 4.90 Å². The van der Waals surface area contributed by atoms with Gasteiger partial charge in [0.1, 0.15) is 0 Å². The van der Waals surface area contributed by atoms with E-state index in [0.717, 1.165) is 12.8 Å². The van der Waals surface area contributed by atoms with E-state index >= 15 is 0 Å². The van der Waals surface area contributed by atoms with Crippen LogP contribution in [0.15, 0.2) is 24.3 Å². The Bertz CT molecular complexity index is 421. The molecule has 1 aromatic rings. The van der Waals surface area contributed by atoms with Crippen molar-refractivity contribution < 1.29 is 14.3 Å². The summed E-state index contributed by atoms with van der Waals surface area (Å²) in [6.45, 7) is 3.80. The summed E-state index contributed by atoms with van der Waals surface area (Å²) in [6, 6.07) is 6.97. The van der Waals surface area contributed by atoms with Crippen LogP contribution >= 0.6 is 0 Å². The maximum absolute atomic E-state index is 12.0. The van der Waals surface area contributed by atoms with Crippen molar-refractivity contribution in [1.29, 1.82) is 0 Å². The highest BCUT2D eigenvalue weighted by molar-refractivity contribution is 6.21. The van der Waals surface area contributed by atoms with Gasteiger partial charge in [-0.15, -0.1) is 0 Å². The van der Waals surface area contributed by atoms with Gasteiger partial charge in [-0.2, -0.15) is 0 Å². The average Bonchev–Trinajstić information content (AvgIpc) is 2.64. The van der Waals surface area contributed by atoms with Gasteiger partial charge in [-0.1, -0.05) is 12.1 Å². The molecule has 0 fully saturated rings. The van der Waals surface area contributed by atoms with Gasteiger partial charge in [-0.05, 0) is 31.9 Å². The summed E-state index contributed by atoms with van der Waals surface area (Å²) in [7, 11) is 0. The monoisotopic (exact) mass is 247 g/mol. The normalized spacial score (nSPS) is 14.2. The van der Waals surface area contributed by atoms with Crippen LogP contribution in [0.3, 0.4) is 0 Å². The number of hydrogen-bond donors (Lipinski definition) is 0. The van der Waals surface area contributed by atoms with Crippen molar-refractivity contribution in [2.24, 2.45) is 0 Å². The highest BCUT2D eigenvalue weighted by Crippen LogP contribution is 2.22. The van der Waals surface area contributed by atoms with Gasteiger partial charge < -0.3 is 4.74 Å². The molecule has 96 valence electrons. The molecule has 0 radical (unpaired) electrons. The number of unbranched alkanes of at least 4 members (excludes halogenated alkanes) is 1. The Hall–Kier alpha value is -1.68. The van der Waals surface area contributed by atoms with Gasteiger partial charge in [-0.3, -0.25) is 14.5 Å². The summed E-state index contributed by atoms with van der Waals surface area (Å²) in [6.07, 6.45) is 1.65. The topological polar surface area (TPSA) is 46.6 Å². The highest BCUT2D eigenvalue weighted by Gasteiger charge is 2.34. The van der Waals surface area contributed by atoms with Crippen molar-refractivity contribution in [3.63, 3.8) is 0 Å². The van der Waals surface area contributed by atoms with E-state index in [-0.39, 0.29) is 11.8 Å². The molecule has 0 saturated carbocycles. The van der Waals surface area contributed by atoms with Gasteiger partial charge in [0.25, 0.3) is 11.8 Å². The summed E-state index contributed by atoms with van der Waals surface area (Å²) in [5.41, 5.74) is 1.04. The van der Waals surface area contributed by atoms with Crippen molar-refractivity contribution in [2.75, 3.05) is 19.8 Å². The molecule has 4 heteroatoms. The number of benzene rings is 1. The summed E-state index contributed by atoms with van der Waals surface area (Å²) in [5.74, 6) is -0.348. The lowest BCUT2D eigenvalue weighted by molar-refractivity contribution is 0.0644. The summed E-state index contributed by atoms with van der Waals surface area (Å²) >= 11 is 0. The first-order valence-electron chi connectivity index (χ1n) is 6.28. The minimum Gasteiger partial charge on any atom is -0.382 e. The molecule has 0 N–H and O–H groups in total. The van der Waals surface area contributed by atoms with Crippen LogP contribution in [0.25, 0.3) is 0 Å². The average molecular weight is 247 g/mol. The van der Waals surface area contributed by atoms with Crippen molar-refractivity contribution in [3.05, 3.63) is 35.4 Å². The number of carbonyl (C=O) groups is 2. The van der Waals surface area contributed by atoms with Crippen LogP contribution < -0.4 is 0 Å². The first-order valence-corrected chi connectivity index (χ1v) is 6.28. The van der Waals surface area contributed by atoms with E-state index in [1.807, 2.05) is 6.92 Å². The molecule has 1 heterocycles. The van der Waals surface area contributed by atoms with E-state index in [9.17, 15) is 9.59 Å². The minimum absolute atomic E-state index is 0.174. The lowest BCUT2D eigenvalue weighted by atomic mass is 10.1. The number of nitrogens with zero attached hydrogens (tertiary/aromatic N) is 1. The highest BCUT2D eigenvalue weighted by atomic mass is 16.5. The van der Waals surface area contributed by atoms with Gasteiger partial charge in [0.15, 0.2) is 0 Å². The number of carbonyl (C=O) groups excluding carboxylic acids is 2. The van der Waals surface area contributed by atoms with Crippen LogP contribution in [-0.4, -0.2) is 36.5 Å². The molecule has 4 nitrogen and oxygen atoms in total. The lowest BCUT2D eigenvalue weighted by Gasteiger charge is -2.13. The lowest BCUT2D eigenvalue weighted by Crippen LogP contribution is -2.30. The van der Waals surface area contributed by atoms with Crippen molar-refractivity contribution >= 4 is 11.8 Å². The third kappa shape index (κ3) is 2.43. The van der Waals surface area contributed by atoms with Crippen LogP contribution in [0.4, 0.5) is 0 Å². The summed E-state index contributed by atoms with van der Waals surface area (Å²) in [5, 5.41) is 0. The Labute approximate surface area is 107 Å². The Morgan fingerprint density at radius 1 is 1.06 bits per heavy atom. The SMILES string of the molecule is CCOCCCCN1C(=O)c2ccccc2C1=O. The molecule has 1 aromatic carbocycles. The molecular weight excluding hydrogens is 230 g/mol. The Morgan fingerprint density at radius 2 is 1.67 bits per heavy atom. The van der Waals surface area contributed by atoms with Gasteiger partial charge in [0.05, 0.1) is 11.1 Å². The minimum atomic E-state index is -0.174. The Morgan fingerprint density at radius 3 is 2.22 bits per heavy atom. The van der Waals surface area contributed by atoms with E-state index in [1.54, 1.807) is 24.3 Å². The largest absolute Gasteiger partial charge is 0.382 e. The van der Waals surface area contributed by atoms with E-state index < -0.39 is 0 Å². The van der Waals surface area contributed by atoms with Crippen LogP contribution in [0.1, 0.15) is 40.5 Å². The van der Waals surface area contributed by atoms with Crippen LogP contribution in [0.5, 0.6) is 0 Å². The Kier molecular flexibility index (Phi) is 4.10. The molecule has 1 aliphatic heterocycles. The number of hydrogen-bond acceptors (Lipinski definition) is 3. The molecule has 2 amide bonds. The predicted octanol–water partition coefficient (Wildman–Crippen LogP) is 2.10. The molecule has 1 aliphatic rings. The Balaban J connectivity index is 1.93.